The summed E-state index contributed by atoms with van der Waals surface area (Å²) in [5.74, 6) is 0. The predicted molar refractivity (Wildman–Crippen MR) is 165 cm³/mol. The van der Waals surface area contributed by atoms with E-state index in [0.29, 0.717) is 0 Å². The Bertz CT molecular complexity index is 1460. The van der Waals surface area contributed by atoms with Crippen molar-refractivity contribution in [3.05, 3.63) is 123 Å². The summed E-state index contributed by atoms with van der Waals surface area (Å²) in [6.45, 7) is 14.4. The van der Waals surface area contributed by atoms with Crippen molar-refractivity contribution in [1.29, 1.82) is 0 Å². The Morgan fingerprint density at radius 1 is 0.622 bits per heavy atom. The maximum atomic E-state index is 4.10. The molecule has 0 aliphatic heterocycles. The van der Waals surface area contributed by atoms with Crippen molar-refractivity contribution < 1.29 is 0 Å². The molecule has 0 aromatic heterocycles. The molecule has 2 aliphatic rings. The Morgan fingerprint density at radius 3 is 1.59 bits per heavy atom. The standard InChI is InChI=1S/C35H36BrP/c1-23-17-27-31(29(36)19-23)35(21-33(27,3)4)22-34(5,6)28-18-24(2)20-30(32(28)35)37(25-13-9-7-10-14-25)26-15-11-8-12-16-26/h7-20H,21-22H2,1-6H3. The van der Waals surface area contributed by atoms with Crippen LogP contribution in [0.5, 0.6) is 0 Å². The van der Waals surface area contributed by atoms with E-state index in [9.17, 15) is 0 Å². The highest BCUT2D eigenvalue weighted by atomic mass is 79.9. The van der Waals surface area contributed by atoms with Crippen LogP contribution < -0.4 is 15.9 Å². The van der Waals surface area contributed by atoms with Crippen molar-refractivity contribution in [2.24, 2.45) is 0 Å². The monoisotopic (exact) mass is 566 g/mol. The second-order valence-corrected chi connectivity index (χ2v) is 15.6. The SMILES string of the molecule is Cc1cc(Br)c2c(c1)C(C)(C)CC21CC(C)(C)c2cc(C)cc(P(c3ccccc3)c3ccccc3)c21. The maximum Gasteiger partial charge on any atom is 0.0243 e. The van der Waals surface area contributed by atoms with Crippen molar-refractivity contribution in [1.82, 2.24) is 0 Å². The molecule has 0 fully saturated rings. The van der Waals surface area contributed by atoms with Gasteiger partial charge in [0.25, 0.3) is 0 Å². The minimum absolute atomic E-state index is 0.00260. The van der Waals surface area contributed by atoms with E-state index in [1.165, 1.54) is 37.3 Å². The van der Waals surface area contributed by atoms with Gasteiger partial charge in [-0.3, -0.25) is 0 Å². The fourth-order valence-electron chi connectivity index (χ4n) is 7.56. The smallest absolute Gasteiger partial charge is 0.0243 e. The van der Waals surface area contributed by atoms with Gasteiger partial charge in [-0.1, -0.05) is 128 Å². The summed E-state index contributed by atoms with van der Waals surface area (Å²) in [7, 11) is -0.700. The third kappa shape index (κ3) is 3.88. The Kier molecular flexibility index (Phi) is 5.87. The van der Waals surface area contributed by atoms with Gasteiger partial charge in [-0.25, -0.2) is 0 Å². The first kappa shape index (κ1) is 25.1. The second kappa shape index (κ2) is 8.65. The zero-order valence-electron chi connectivity index (χ0n) is 22.8. The molecule has 0 bridgehead atoms. The number of fused-ring (bicyclic) bond motifs is 4. The number of aryl methyl sites for hydroxylation is 2. The van der Waals surface area contributed by atoms with E-state index in [0.717, 1.165) is 12.8 Å². The normalized spacial score (nSPS) is 20.9. The van der Waals surface area contributed by atoms with Gasteiger partial charge in [0.1, 0.15) is 0 Å². The highest BCUT2D eigenvalue weighted by Gasteiger charge is 2.58. The first-order valence-electron chi connectivity index (χ1n) is 13.4. The summed E-state index contributed by atoms with van der Waals surface area (Å²) < 4.78 is 1.28. The Morgan fingerprint density at radius 2 is 1.08 bits per heavy atom. The van der Waals surface area contributed by atoms with E-state index < -0.39 is 7.92 Å². The summed E-state index contributed by atoms with van der Waals surface area (Å²) in [6, 6.07) is 32.3. The molecule has 0 radical (unpaired) electrons. The highest BCUT2D eigenvalue weighted by molar-refractivity contribution is 9.10. The number of halogens is 1. The van der Waals surface area contributed by atoms with Crippen molar-refractivity contribution in [2.75, 3.05) is 0 Å². The summed E-state index contributed by atoms with van der Waals surface area (Å²) in [5, 5.41) is 4.40. The molecule has 2 aliphatic carbocycles. The van der Waals surface area contributed by atoms with E-state index in [1.807, 2.05) is 0 Å². The van der Waals surface area contributed by atoms with Crippen LogP contribution in [0.1, 0.15) is 73.9 Å². The van der Waals surface area contributed by atoms with E-state index in [4.69, 9.17) is 0 Å². The Balaban J connectivity index is 1.73. The molecule has 1 unspecified atom stereocenters. The zero-order chi connectivity index (χ0) is 26.2. The number of benzene rings is 4. The van der Waals surface area contributed by atoms with Gasteiger partial charge in [0.2, 0.25) is 0 Å². The molecule has 0 saturated heterocycles. The summed E-state index contributed by atoms with van der Waals surface area (Å²) >= 11 is 4.10. The fourth-order valence-corrected chi connectivity index (χ4v) is 11.2. The van der Waals surface area contributed by atoms with E-state index in [2.05, 4.69) is 142 Å². The quantitative estimate of drug-likeness (QED) is 0.218. The largest absolute Gasteiger partial charge is 0.0622 e. The Hall–Kier alpha value is -2.21. The molecule has 2 heteroatoms. The summed E-state index contributed by atoms with van der Waals surface area (Å²) in [6.07, 6.45) is 2.30. The van der Waals surface area contributed by atoms with Crippen molar-refractivity contribution in [3.63, 3.8) is 0 Å². The first-order valence-corrected chi connectivity index (χ1v) is 15.5. The molecule has 6 rings (SSSR count). The lowest BCUT2D eigenvalue weighted by Crippen LogP contribution is -2.33. The number of hydrogen-bond acceptors (Lipinski definition) is 0. The number of hydrogen-bond donors (Lipinski definition) is 0. The van der Waals surface area contributed by atoms with Crippen LogP contribution in [0.4, 0.5) is 0 Å². The molecule has 0 nitrogen and oxygen atoms in total. The molecule has 4 aromatic rings. The number of rotatable bonds is 3. The first-order chi connectivity index (χ1) is 17.5. The molecule has 188 valence electrons. The van der Waals surface area contributed by atoms with Crippen molar-refractivity contribution in [3.8, 4) is 0 Å². The summed E-state index contributed by atoms with van der Waals surface area (Å²) in [4.78, 5) is 0. The van der Waals surface area contributed by atoms with Gasteiger partial charge in [0.05, 0.1) is 0 Å². The highest BCUT2D eigenvalue weighted by Crippen LogP contribution is 2.65. The van der Waals surface area contributed by atoms with E-state index in [1.54, 1.807) is 16.4 Å². The van der Waals surface area contributed by atoms with Gasteiger partial charge in [0, 0.05) is 9.89 Å². The van der Waals surface area contributed by atoms with Crippen LogP contribution in [0.15, 0.2) is 89.4 Å². The lowest BCUT2D eigenvalue weighted by molar-refractivity contribution is 0.350. The average Bonchev–Trinajstić information content (AvgIpc) is 3.19. The average molecular weight is 568 g/mol. The maximum absolute atomic E-state index is 4.10. The van der Waals surface area contributed by atoms with Gasteiger partial charge in [-0.05, 0) is 95.2 Å². The van der Waals surface area contributed by atoms with Crippen LogP contribution in [0.2, 0.25) is 0 Å². The molecule has 0 saturated carbocycles. The van der Waals surface area contributed by atoms with Gasteiger partial charge < -0.3 is 0 Å². The molecule has 1 spiro atoms. The lowest BCUT2D eigenvalue weighted by Gasteiger charge is -2.34. The fraction of sp³-hybridized carbons (Fsp3) is 0.314. The third-order valence-corrected chi connectivity index (χ3v) is 11.8. The van der Waals surface area contributed by atoms with Crippen molar-refractivity contribution >= 4 is 39.8 Å². The van der Waals surface area contributed by atoms with E-state index in [-0.39, 0.29) is 16.2 Å². The molecular formula is C35H36BrP. The van der Waals surface area contributed by atoms with Crippen LogP contribution in [-0.4, -0.2) is 0 Å². The van der Waals surface area contributed by atoms with Crippen LogP contribution in [-0.2, 0) is 16.2 Å². The zero-order valence-corrected chi connectivity index (χ0v) is 25.3. The molecule has 1 atom stereocenters. The van der Waals surface area contributed by atoms with Gasteiger partial charge in [-0.15, -0.1) is 0 Å². The van der Waals surface area contributed by atoms with Gasteiger partial charge >= 0.3 is 0 Å². The molecule has 4 aromatic carbocycles. The molecule has 0 N–H and O–H groups in total. The molecular weight excluding hydrogens is 531 g/mol. The van der Waals surface area contributed by atoms with Crippen LogP contribution in [0.25, 0.3) is 0 Å². The van der Waals surface area contributed by atoms with E-state index >= 15 is 0 Å². The van der Waals surface area contributed by atoms with Crippen molar-refractivity contribution in [2.45, 2.75) is 70.6 Å². The lowest BCUT2D eigenvalue weighted by atomic mass is 9.72. The Labute approximate surface area is 232 Å². The minimum atomic E-state index is -0.700. The van der Waals surface area contributed by atoms with Crippen LogP contribution in [0, 0.1) is 13.8 Å². The minimum Gasteiger partial charge on any atom is -0.0622 e. The molecule has 37 heavy (non-hydrogen) atoms. The second-order valence-electron chi connectivity index (χ2n) is 12.6. The van der Waals surface area contributed by atoms with Crippen LogP contribution >= 0.6 is 23.9 Å². The topological polar surface area (TPSA) is 0 Å². The molecule has 0 amide bonds. The van der Waals surface area contributed by atoms with Crippen LogP contribution in [0.3, 0.4) is 0 Å². The van der Waals surface area contributed by atoms with Gasteiger partial charge in [-0.2, -0.15) is 0 Å². The summed E-state index contributed by atoms with van der Waals surface area (Å²) in [5.41, 5.74) is 9.16. The molecule has 0 heterocycles. The third-order valence-electron chi connectivity index (χ3n) is 8.67. The predicted octanol–water partition coefficient (Wildman–Crippen LogP) is 8.47. The van der Waals surface area contributed by atoms with Gasteiger partial charge in [0.15, 0.2) is 0 Å².